The summed E-state index contributed by atoms with van der Waals surface area (Å²) in [5.41, 5.74) is 1.21. The Bertz CT molecular complexity index is 1070. The first-order chi connectivity index (χ1) is 15.3. The van der Waals surface area contributed by atoms with Gasteiger partial charge in [0, 0.05) is 31.7 Å². The van der Waals surface area contributed by atoms with E-state index in [1.165, 1.54) is 23.0 Å². The van der Waals surface area contributed by atoms with Crippen molar-refractivity contribution in [1.29, 1.82) is 0 Å². The lowest BCUT2D eigenvalue weighted by atomic mass is 10.1. The molecule has 1 N–H and O–H groups in total. The predicted molar refractivity (Wildman–Crippen MR) is 122 cm³/mol. The first kappa shape index (κ1) is 23.1. The number of hydrazine groups is 1. The normalized spacial score (nSPS) is 13.4. The highest BCUT2D eigenvalue weighted by Crippen LogP contribution is 2.29. The number of anilines is 1. The van der Waals surface area contributed by atoms with Crippen LogP contribution >= 0.6 is 11.6 Å². The van der Waals surface area contributed by atoms with Crippen molar-refractivity contribution in [1.82, 2.24) is 10.0 Å². The van der Waals surface area contributed by atoms with Gasteiger partial charge in [-0.05, 0) is 42.8 Å². The zero-order valence-corrected chi connectivity index (χ0v) is 18.8. The highest BCUT2D eigenvalue weighted by Gasteiger charge is 2.31. The monoisotopic (exact) mass is 457 g/mol. The lowest BCUT2D eigenvalue weighted by Crippen LogP contribution is -2.44. The van der Waals surface area contributed by atoms with Crippen LogP contribution in [0.1, 0.15) is 29.3 Å². The van der Waals surface area contributed by atoms with Crippen molar-refractivity contribution in [3.63, 3.8) is 0 Å². The van der Waals surface area contributed by atoms with Gasteiger partial charge in [0.25, 0.3) is 11.8 Å². The number of nitrogens with one attached hydrogen (secondary N) is 1. The molecule has 0 unspecified atom stereocenters. The SMILES string of the molecule is COc1ccc(OC)c(/C=C/C(=O)N2CCCN2C(=O)c2cccc(NC(C)=O)c2Cl)c1. The van der Waals surface area contributed by atoms with Crippen LogP contribution in [-0.2, 0) is 9.59 Å². The van der Waals surface area contributed by atoms with Gasteiger partial charge in [-0.3, -0.25) is 14.4 Å². The summed E-state index contributed by atoms with van der Waals surface area (Å²) in [5, 5.41) is 5.48. The minimum Gasteiger partial charge on any atom is -0.497 e. The summed E-state index contributed by atoms with van der Waals surface area (Å²) >= 11 is 6.35. The van der Waals surface area contributed by atoms with Crippen molar-refractivity contribution in [2.75, 3.05) is 32.6 Å². The van der Waals surface area contributed by atoms with Crippen molar-refractivity contribution in [2.24, 2.45) is 0 Å². The second-order valence-corrected chi connectivity index (χ2v) is 7.41. The number of carbonyl (C=O) groups is 3. The molecule has 168 valence electrons. The lowest BCUT2D eigenvalue weighted by molar-refractivity contribution is -0.134. The van der Waals surface area contributed by atoms with Crippen molar-refractivity contribution in [3.05, 3.63) is 58.6 Å². The number of halogens is 1. The van der Waals surface area contributed by atoms with E-state index < -0.39 is 5.91 Å². The minimum atomic E-state index is -0.416. The van der Waals surface area contributed by atoms with E-state index in [9.17, 15) is 14.4 Å². The number of hydrogen-bond donors (Lipinski definition) is 1. The van der Waals surface area contributed by atoms with Crippen LogP contribution in [0.25, 0.3) is 6.08 Å². The van der Waals surface area contributed by atoms with Gasteiger partial charge in [-0.25, -0.2) is 10.0 Å². The third-order valence-corrected chi connectivity index (χ3v) is 5.31. The van der Waals surface area contributed by atoms with E-state index in [4.69, 9.17) is 21.1 Å². The van der Waals surface area contributed by atoms with Crippen molar-refractivity contribution in [2.45, 2.75) is 13.3 Å². The first-order valence-electron chi connectivity index (χ1n) is 9.95. The zero-order valence-electron chi connectivity index (χ0n) is 18.1. The van der Waals surface area contributed by atoms with Gasteiger partial charge in [0.15, 0.2) is 0 Å². The van der Waals surface area contributed by atoms with Gasteiger partial charge in [-0.2, -0.15) is 0 Å². The van der Waals surface area contributed by atoms with E-state index in [1.807, 2.05) is 0 Å². The molecule has 0 spiro atoms. The molecule has 0 radical (unpaired) electrons. The molecule has 2 aromatic rings. The molecule has 1 aliphatic rings. The molecule has 0 aromatic heterocycles. The number of ether oxygens (including phenoxy) is 2. The summed E-state index contributed by atoms with van der Waals surface area (Å²) in [6.07, 6.45) is 3.64. The number of benzene rings is 2. The Labute approximate surface area is 191 Å². The van der Waals surface area contributed by atoms with Gasteiger partial charge in [0.1, 0.15) is 11.5 Å². The molecule has 3 amide bonds. The van der Waals surface area contributed by atoms with Gasteiger partial charge >= 0.3 is 0 Å². The molecule has 2 aromatic carbocycles. The van der Waals surface area contributed by atoms with Gasteiger partial charge in [0.05, 0.1) is 30.5 Å². The third-order valence-electron chi connectivity index (χ3n) is 4.90. The quantitative estimate of drug-likeness (QED) is 0.669. The minimum absolute atomic E-state index is 0.128. The Morgan fingerprint density at radius 1 is 1.06 bits per heavy atom. The van der Waals surface area contributed by atoms with Crippen LogP contribution in [0, 0.1) is 0 Å². The van der Waals surface area contributed by atoms with Crippen LogP contribution in [0.3, 0.4) is 0 Å². The summed E-state index contributed by atoms with van der Waals surface area (Å²) in [6.45, 7) is 2.13. The number of nitrogens with zero attached hydrogens (tertiary/aromatic N) is 2. The van der Waals surface area contributed by atoms with E-state index in [2.05, 4.69) is 5.32 Å². The Morgan fingerprint density at radius 3 is 2.50 bits per heavy atom. The second-order valence-electron chi connectivity index (χ2n) is 7.03. The van der Waals surface area contributed by atoms with E-state index in [1.54, 1.807) is 56.7 Å². The Hall–Kier alpha value is -3.52. The number of methoxy groups -OCH3 is 2. The van der Waals surface area contributed by atoms with Crippen LogP contribution in [0.2, 0.25) is 5.02 Å². The van der Waals surface area contributed by atoms with Crippen LogP contribution in [0.4, 0.5) is 5.69 Å². The highest BCUT2D eigenvalue weighted by molar-refractivity contribution is 6.36. The van der Waals surface area contributed by atoms with Crippen LogP contribution in [0.15, 0.2) is 42.5 Å². The summed E-state index contributed by atoms with van der Waals surface area (Å²) < 4.78 is 10.6. The molecule has 0 atom stereocenters. The Balaban J connectivity index is 1.81. The highest BCUT2D eigenvalue weighted by atomic mass is 35.5. The molecular weight excluding hydrogens is 434 g/mol. The average Bonchev–Trinajstić information content (AvgIpc) is 3.28. The van der Waals surface area contributed by atoms with Crippen LogP contribution in [0.5, 0.6) is 11.5 Å². The molecule has 9 heteroatoms. The van der Waals surface area contributed by atoms with Gasteiger partial charge in [-0.1, -0.05) is 17.7 Å². The fourth-order valence-corrected chi connectivity index (χ4v) is 3.65. The smallest absolute Gasteiger partial charge is 0.274 e. The molecular formula is C23H24ClN3O5. The lowest BCUT2D eigenvalue weighted by Gasteiger charge is -2.27. The maximum Gasteiger partial charge on any atom is 0.274 e. The van der Waals surface area contributed by atoms with Crippen molar-refractivity contribution < 1.29 is 23.9 Å². The molecule has 32 heavy (non-hydrogen) atoms. The standard InChI is InChI=1S/C23H24ClN3O5/c1-15(28)25-19-7-4-6-18(22(19)24)23(30)27-13-5-12-26(27)21(29)11-8-16-14-17(31-2)9-10-20(16)32-3/h4,6-11,14H,5,12-13H2,1-3H3,(H,25,28)/b11-8+. The van der Waals surface area contributed by atoms with Gasteiger partial charge in [-0.15, -0.1) is 0 Å². The predicted octanol–water partition coefficient (Wildman–Crippen LogP) is 3.62. The summed E-state index contributed by atoms with van der Waals surface area (Å²) in [5.74, 6) is 0.151. The fraction of sp³-hybridized carbons (Fsp3) is 0.261. The van der Waals surface area contributed by atoms with E-state index in [-0.39, 0.29) is 22.4 Å². The molecule has 3 rings (SSSR count). The summed E-state index contributed by atoms with van der Waals surface area (Å²) in [6, 6.07) is 10.1. The molecule has 1 aliphatic heterocycles. The van der Waals surface area contributed by atoms with Crippen LogP contribution in [-0.4, -0.2) is 55.0 Å². The van der Waals surface area contributed by atoms with Gasteiger partial charge < -0.3 is 14.8 Å². The van der Waals surface area contributed by atoms with Crippen molar-refractivity contribution in [3.8, 4) is 11.5 Å². The van der Waals surface area contributed by atoms with Crippen LogP contribution < -0.4 is 14.8 Å². The average molecular weight is 458 g/mol. The number of rotatable bonds is 6. The Kier molecular flexibility index (Phi) is 7.37. The maximum absolute atomic E-state index is 13.2. The largest absolute Gasteiger partial charge is 0.497 e. The third kappa shape index (κ3) is 5.03. The number of carbonyl (C=O) groups excluding carboxylic acids is 3. The Morgan fingerprint density at radius 2 is 1.81 bits per heavy atom. The topological polar surface area (TPSA) is 88.2 Å². The maximum atomic E-state index is 13.2. The van der Waals surface area contributed by atoms with E-state index in [0.29, 0.717) is 42.3 Å². The summed E-state index contributed by atoms with van der Waals surface area (Å²) in [7, 11) is 3.10. The molecule has 8 nitrogen and oxygen atoms in total. The van der Waals surface area contributed by atoms with Gasteiger partial charge in [0.2, 0.25) is 5.91 Å². The van der Waals surface area contributed by atoms with E-state index in [0.717, 1.165) is 0 Å². The molecule has 0 bridgehead atoms. The van der Waals surface area contributed by atoms with Crippen molar-refractivity contribution >= 4 is 41.1 Å². The molecule has 1 fully saturated rings. The second kappa shape index (κ2) is 10.2. The molecule has 1 saturated heterocycles. The molecule has 0 saturated carbocycles. The molecule has 0 aliphatic carbocycles. The fourth-order valence-electron chi connectivity index (χ4n) is 3.39. The number of hydrogen-bond acceptors (Lipinski definition) is 5. The van der Waals surface area contributed by atoms with E-state index >= 15 is 0 Å². The number of amides is 3. The summed E-state index contributed by atoms with van der Waals surface area (Å²) in [4.78, 5) is 37.4. The first-order valence-corrected chi connectivity index (χ1v) is 10.3. The molecule has 1 heterocycles. The zero-order chi connectivity index (χ0) is 23.3.